The molecule has 0 atom stereocenters. The Morgan fingerprint density at radius 1 is 1.16 bits per heavy atom. The van der Waals surface area contributed by atoms with Gasteiger partial charge < -0.3 is 0 Å². The molecule has 0 bridgehead atoms. The van der Waals surface area contributed by atoms with Gasteiger partial charge >= 0.3 is 0 Å². The van der Waals surface area contributed by atoms with Gasteiger partial charge in [-0.3, -0.25) is 9.36 Å². The van der Waals surface area contributed by atoms with Gasteiger partial charge in [0.25, 0.3) is 5.56 Å². The minimum atomic E-state index is -1.55. The smallest absolute Gasteiger partial charge is 0.258 e. The van der Waals surface area contributed by atoms with Crippen LogP contribution in [0.15, 0.2) is 52.5 Å². The number of rotatable bonds is 2. The molecule has 0 unspecified atom stereocenters. The topological polar surface area (TPSA) is 47.8 Å². The van der Waals surface area contributed by atoms with Crippen molar-refractivity contribution in [3.63, 3.8) is 0 Å². The molecule has 0 radical (unpaired) electrons. The Morgan fingerprint density at radius 2 is 1.88 bits per heavy atom. The Labute approximate surface area is 152 Å². The van der Waals surface area contributed by atoms with E-state index in [9.17, 15) is 4.79 Å². The van der Waals surface area contributed by atoms with E-state index < -0.39 is 8.07 Å². The third kappa shape index (κ3) is 3.84. The summed E-state index contributed by atoms with van der Waals surface area (Å²) in [5, 5.41) is 1.43. The average molecular weight is 366 g/mol. The summed E-state index contributed by atoms with van der Waals surface area (Å²) in [6.45, 7) is 6.53. The molecular formula is C19H19N3OSSi. The number of thioether (sulfide) groups is 1. The van der Waals surface area contributed by atoms with Crippen LogP contribution in [0.2, 0.25) is 19.6 Å². The molecular weight excluding hydrogens is 346 g/mol. The second kappa shape index (κ2) is 6.87. The van der Waals surface area contributed by atoms with Crippen LogP contribution >= 0.6 is 11.8 Å². The quantitative estimate of drug-likeness (QED) is 0.300. The standard InChI is InChI=1S/C19H19N3OSSi/c1-24-19-20-13-16-14(10-11-25(2,3)4)12-17(23)22(18(16)21-19)15-8-6-5-7-9-15/h5-9,12-13H,1-4H3. The van der Waals surface area contributed by atoms with E-state index in [-0.39, 0.29) is 5.56 Å². The Hall–Kier alpha value is -2.36. The fourth-order valence-corrected chi connectivity index (χ4v) is 3.22. The number of benzene rings is 1. The molecule has 126 valence electrons. The summed E-state index contributed by atoms with van der Waals surface area (Å²) in [6, 6.07) is 11.1. The lowest BCUT2D eigenvalue weighted by Crippen LogP contribution is -2.20. The number of hydrogen-bond donors (Lipinski definition) is 0. The molecule has 6 heteroatoms. The van der Waals surface area contributed by atoms with Crippen molar-refractivity contribution in [1.29, 1.82) is 0 Å². The lowest BCUT2D eigenvalue weighted by Gasteiger charge is -2.11. The third-order valence-corrected chi connectivity index (χ3v) is 4.94. The van der Waals surface area contributed by atoms with Gasteiger partial charge in [-0.1, -0.05) is 55.5 Å². The monoisotopic (exact) mass is 365 g/mol. The zero-order valence-corrected chi connectivity index (χ0v) is 16.5. The SMILES string of the molecule is CSc1ncc2c(C#C[Si](C)(C)C)cc(=O)n(-c3ccccc3)c2n1. The van der Waals surface area contributed by atoms with Crippen molar-refractivity contribution in [2.75, 3.05) is 6.26 Å². The highest BCUT2D eigenvalue weighted by Crippen LogP contribution is 2.20. The summed E-state index contributed by atoms with van der Waals surface area (Å²) < 4.78 is 1.62. The maximum atomic E-state index is 12.8. The van der Waals surface area contributed by atoms with Crippen LogP contribution in [0.25, 0.3) is 16.7 Å². The fraction of sp³-hybridized carbons (Fsp3) is 0.211. The van der Waals surface area contributed by atoms with Crippen molar-refractivity contribution in [3.05, 3.63) is 58.5 Å². The molecule has 4 nitrogen and oxygen atoms in total. The summed E-state index contributed by atoms with van der Waals surface area (Å²) in [7, 11) is -1.55. The predicted octanol–water partition coefficient (Wildman–Crippen LogP) is 3.73. The number of aromatic nitrogens is 3. The van der Waals surface area contributed by atoms with Gasteiger partial charge in [-0.25, -0.2) is 9.97 Å². The number of hydrogen-bond acceptors (Lipinski definition) is 4. The van der Waals surface area contributed by atoms with Gasteiger partial charge in [0.05, 0.1) is 11.1 Å². The number of para-hydroxylation sites is 1. The second-order valence-electron chi connectivity index (χ2n) is 6.66. The summed E-state index contributed by atoms with van der Waals surface area (Å²) in [5.74, 6) is 3.20. The minimum absolute atomic E-state index is 0.135. The maximum Gasteiger partial charge on any atom is 0.258 e. The third-order valence-electron chi connectivity index (χ3n) is 3.51. The zero-order valence-electron chi connectivity index (χ0n) is 14.7. The molecule has 0 amide bonds. The first kappa shape index (κ1) is 17.5. The van der Waals surface area contributed by atoms with Crippen LogP contribution in [0.5, 0.6) is 0 Å². The number of fused-ring (bicyclic) bond motifs is 1. The Morgan fingerprint density at radius 3 is 2.52 bits per heavy atom. The average Bonchev–Trinajstić information content (AvgIpc) is 2.59. The van der Waals surface area contributed by atoms with Gasteiger partial charge in [-0.2, -0.15) is 0 Å². The van der Waals surface area contributed by atoms with E-state index in [1.54, 1.807) is 16.8 Å². The minimum Gasteiger partial charge on any atom is -0.269 e. The van der Waals surface area contributed by atoms with Crippen LogP contribution in [0.4, 0.5) is 0 Å². The molecule has 25 heavy (non-hydrogen) atoms. The normalized spacial score (nSPS) is 11.2. The van der Waals surface area contributed by atoms with Crippen LogP contribution in [0, 0.1) is 11.5 Å². The predicted molar refractivity (Wildman–Crippen MR) is 107 cm³/mol. The van der Waals surface area contributed by atoms with Crippen LogP contribution in [0.1, 0.15) is 5.56 Å². The van der Waals surface area contributed by atoms with E-state index >= 15 is 0 Å². The highest BCUT2D eigenvalue weighted by atomic mass is 32.2. The van der Waals surface area contributed by atoms with Gasteiger partial charge in [0.2, 0.25) is 0 Å². The van der Waals surface area contributed by atoms with E-state index in [0.29, 0.717) is 16.4 Å². The maximum absolute atomic E-state index is 12.8. The summed E-state index contributed by atoms with van der Waals surface area (Å²) >= 11 is 1.45. The molecule has 0 aliphatic rings. The van der Waals surface area contributed by atoms with Crippen molar-refractivity contribution in [2.45, 2.75) is 24.8 Å². The van der Waals surface area contributed by atoms with Crippen molar-refractivity contribution < 1.29 is 0 Å². The van der Waals surface area contributed by atoms with Crippen LogP contribution in [-0.2, 0) is 0 Å². The van der Waals surface area contributed by atoms with Gasteiger partial charge in [0, 0.05) is 17.8 Å². The molecule has 3 rings (SSSR count). The molecule has 3 aromatic rings. The van der Waals surface area contributed by atoms with E-state index in [4.69, 9.17) is 0 Å². The number of pyridine rings is 1. The summed E-state index contributed by atoms with van der Waals surface area (Å²) in [5.41, 5.74) is 5.27. The van der Waals surface area contributed by atoms with Crippen molar-refractivity contribution in [2.24, 2.45) is 0 Å². The first-order valence-corrected chi connectivity index (χ1v) is 12.7. The van der Waals surface area contributed by atoms with Crippen molar-refractivity contribution in [1.82, 2.24) is 14.5 Å². The molecule has 2 heterocycles. The van der Waals surface area contributed by atoms with Gasteiger partial charge in [0.15, 0.2) is 10.8 Å². The molecule has 0 saturated carbocycles. The Balaban J connectivity index is 2.37. The van der Waals surface area contributed by atoms with Gasteiger partial charge in [0.1, 0.15) is 8.07 Å². The highest BCUT2D eigenvalue weighted by molar-refractivity contribution is 7.98. The van der Waals surface area contributed by atoms with E-state index in [1.165, 1.54) is 11.8 Å². The second-order valence-corrected chi connectivity index (χ2v) is 12.2. The molecule has 0 fully saturated rings. The fourth-order valence-electron chi connectivity index (χ4n) is 2.37. The first-order chi connectivity index (χ1) is 11.9. The summed E-state index contributed by atoms with van der Waals surface area (Å²) in [4.78, 5) is 21.8. The number of nitrogens with zero attached hydrogens (tertiary/aromatic N) is 3. The Bertz CT molecular complexity index is 1040. The van der Waals surface area contributed by atoms with Gasteiger partial charge in [-0.15, -0.1) is 5.54 Å². The lowest BCUT2D eigenvalue weighted by atomic mass is 10.2. The van der Waals surface area contributed by atoms with E-state index in [0.717, 1.165) is 11.1 Å². The molecule has 0 N–H and O–H groups in total. The van der Waals surface area contributed by atoms with Crippen LogP contribution < -0.4 is 5.56 Å². The van der Waals surface area contributed by atoms with E-state index in [1.807, 2.05) is 36.6 Å². The molecule has 2 aromatic heterocycles. The molecule has 0 saturated heterocycles. The first-order valence-electron chi connectivity index (χ1n) is 7.94. The largest absolute Gasteiger partial charge is 0.269 e. The van der Waals surface area contributed by atoms with Crippen LogP contribution in [-0.4, -0.2) is 28.9 Å². The highest BCUT2D eigenvalue weighted by Gasteiger charge is 2.13. The Kier molecular flexibility index (Phi) is 4.79. The molecule has 1 aromatic carbocycles. The van der Waals surface area contributed by atoms with Crippen molar-refractivity contribution >= 4 is 30.9 Å². The molecule has 0 aliphatic carbocycles. The molecule has 0 aliphatic heterocycles. The lowest BCUT2D eigenvalue weighted by molar-refractivity contribution is 0.937. The van der Waals surface area contributed by atoms with E-state index in [2.05, 4.69) is 41.1 Å². The van der Waals surface area contributed by atoms with Crippen molar-refractivity contribution in [3.8, 4) is 17.2 Å². The van der Waals surface area contributed by atoms with Gasteiger partial charge in [-0.05, 0) is 18.4 Å². The summed E-state index contributed by atoms with van der Waals surface area (Å²) in [6.07, 6.45) is 3.68. The molecule has 0 spiro atoms. The zero-order chi connectivity index (χ0) is 18.0. The van der Waals surface area contributed by atoms with Crippen LogP contribution in [0.3, 0.4) is 0 Å².